The molecule has 5 nitrogen and oxygen atoms in total. The van der Waals surface area contributed by atoms with Gasteiger partial charge in [-0.05, 0) is 44.5 Å². The van der Waals surface area contributed by atoms with Crippen molar-refractivity contribution < 1.29 is 4.79 Å². The van der Waals surface area contributed by atoms with Crippen LogP contribution in [0.2, 0.25) is 5.02 Å². The second-order valence-corrected chi connectivity index (χ2v) is 8.71. The topological polar surface area (TPSA) is 52.2 Å². The van der Waals surface area contributed by atoms with Gasteiger partial charge >= 0.3 is 0 Å². The van der Waals surface area contributed by atoms with E-state index in [9.17, 15) is 4.79 Å². The fourth-order valence-corrected chi connectivity index (χ4v) is 4.47. The van der Waals surface area contributed by atoms with Gasteiger partial charge in [-0.1, -0.05) is 60.1 Å². The highest BCUT2D eigenvalue weighted by atomic mass is 35.5. The molecule has 6 heteroatoms. The van der Waals surface area contributed by atoms with Gasteiger partial charge in [-0.3, -0.25) is 14.8 Å². The van der Waals surface area contributed by atoms with Gasteiger partial charge in [0.25, 0.3) is 0 Å². The first-order chi connectivity index (χ1) is 15.0. The maximum absolute atomic E-state index is 12.7. The monoisotopic (exact) mass is 436 g/mol. The molecule has 0 unspecified atom stereocenters. The Balaban J connectivity index is 1.41. The van der Waals surface area contributed by atoms with E-state index in [-0.39, 0.29) is 11.9 Å². The normalized spacial score (nSPS) is 18.3. The zero-order valence-corrected chi connectivity index (χ0v) is 18.8. The first-order valence-electron chi connectivity index (χ1n) is 10.9. The molecule has 0 radical (unpaired) electrons. The van der Waals surface area contributed by atoms with E-state index >= 15 is 0 Å². The number of halogens is 1. The summed E-state index contributed by atoms with van der Waals surface area (Å²) in [6, 6.07) is 20.6. The van der Waals surface area contributed by atoms with E-state index < -0.39 is 0 Å². The number of benzene rings is 2. The highest BCUT2D eigenvalue weighted by Crippen LogP contribution is 2.28. The smallest absolute Gasteiger partial charge is 0.222 e. The lowest BCUT2D eigenvalue weighted by Crippen LogP contribution is -2.35. The maximum Gasteiger partial charge on any atom is 0.222 e. The van der Waals surface area contributed by atoms with Crippen LogP contribution in [0.1, 0.15) is 43.5 Å². The molecule has 162 valence electrons. The number of carbonyl (C=O) groups excluding carboxylic acids is 1. The summed E-state index contributed by atoms with van der Waals surface area (Å²) in [4.78, 5) is 17.1. The summed E-state index contributed by atoms with van der Waals surface area (Å²) in [6.07, 6.45) is 2.36. The second kappa shape index (κ2) is 9.67. The van der Waals surface area contributed by atoms with Crippen molar-refractivity contribution in [2.45, 2.75) is 44.8 Å². The fourth-order valence-electron chi connectivity index (χ4n) is 4.27. The third kappa shape index (κ3) is 5.00. The predicted molar refractivity (Wildman–Crippen MR) is 125 cm³/mol. The van der Waals surface area contributed by atoms with Crippen LogP contribution in [0.5, 0.6) is 0 Å². The number of likely N-dealkylation sites (tertiary alicyclic amines) is 1. The predicted octanol–water partition coefficient (Wildman–Crippen LogP) is 5.30. The lowest BCUT2D eigenvalue weighted by atomic mass is 10.0. The number of hydrogen-bond donors (Lipinski definition) is 1. The lowest BCUT2D eigenvalue weighted by molar-refractivity contribution is -0.131. The number of aromatic nitrogens is 2. The van der Waals surface area contributed by atoms with Crippen molar-refractivity contribution in [3.63, 3.8) is 0 Å². The molecule has 0 saturated carbocycles. The first kappa shape index (κ1) is 21.6. The van der Waals surface area contributed by atoms with Gasteiger partial charge in [0.2, 0.25) is 5.91 Å². The van der Waals surface area contributed by atoms with Crippen LogP contribution in [0.4, 0.5) is 0 Å². The summed E-state index contributed by atoms with van der Waals surface area (Å²) in [5, 5.41) is 8.44. The minimum absolute atomic E-state index is 0.181. The van der Waals surface area contributed by atoms with Crippen LogP contribution in [0.15, 0.2) is 60.7 Å². The van der Waals surface area contributed by atoms with E-state index in [1.165, 1.54) is 0 Å². The van der Waals surface area contributed by atoms with E-state index in [0.717, 1.165) is 46.9 Å². The summed E-state index contributed by atoms with van der Waals surface area (Å²) in [5.41, 5.74) is 4.15. The Morgan fingerprint density at radius 1 is 1.16 bits per heavy atom. The molecule has 0 bridgehead atoms. The molecule has 31 heavy (non-hydrogen) atoms. The van der Waals surface area contributed by atoms with Crippen LogP contribution in [0.3, 0.4) is 0 Å². The molecule has 2 heterocycles. The van der Waals surface area contributed by atoms with Gasteiger partial charge in [-0.2, -0.15) is 5.10 Å². The molecule has 1 aliphatic heterocycles. The minimum Gasteiger partial charge on any atom is -0.338 e. The molecule has 1 aliphatic rings. The van der Waals surface area contributed by atoms with Gasteiger partial charge < -0.3 is 4.90 Å². The second-order valence-electron chi connectivity index (χ2n) is 8.30. The third-order valence-electron chi connectivity index (χ3n) is 6.40. The average Bonchev–Trinajstić information content (AvgIpc) is 3.22. The Labute approximate surface area is 189 Å². The minimum atomic E-state index is 0.181. The van der Waals surface area contributed by atoms with Gasteiger partial charge in [0, 0.05) is 42.2 Å². The van der Waals surface area contributed by atoms with Gasteiger partial charge in [0.05, 0.1) is 11.4 Å². The summed E-state index contributed by atoms with van der Waals surface area (Å²) in [5.74, 6) is 0.205. The van der Waals surface area contributed by atoms with E-state index in [4.69, 9.17) is 11.6 Å². The quantitative estimate of drug-likeness (QED) is 0.570. The molecule has 2 atom stereocenters. The zero-order chi connectivity index (χ0) is 21.8. The Morgan fingerprint density at radius 3 is 2.68 bits per heavy atom. The Kier molecular flexibility index (Phi) is 6.73. The number of amides is 1. The Morgan fingerprint density at radius 2 is 1.90 bits per heavy atom. The molecule has 4 rings (SSSR count). The molecule has 3 aromatic rings. The van der Waals surface area contributed by atoms with Crippen molar-refractivity contribution in [1.82, 2.24) is 20.0 Å². The lowest BCUT2D eigenvalue weighted by Gasteiger charge is -2.32. The van der Waals surface area contributed by atoms with Crippen molar-refractivity contribution in [3.05, 3.63) is 76.9 Å². The van der Waals surface area contributed by atoms with E-state index in [0.29, 0.717) is 19.0 Å². The maximum atomic E-state index is 12.7. The number of aromatic amines is 1. The molecular formula is C25H29ClN4O. The molecular weight excluding hydrogens is 408 g/mol. The number of H-pyrrole nitrogens is 1. The Bertz CT molecular complexity index is 1020. The summed E-state index contributed by atoms with van der Waals surface area (Å²) < 4.78 is 0. The van der Waals surface area contributed by atoms with Crippen molar-refractivity contribution in [2.24, 2.45) is 0 Å². The standard InChI is InChI=1S/C25H29ClN4O/c1-18(23-16-24(28-27-23)19-8-4-3-5-9-19)29(2)21-12-13-25(31)30(15-14-21)17-20-10-6-7-11-22(20)26/h3-11,16,18,21H,12-15,17H2,1-2H3,(H,27,28)/t18-,21+/m1/s1. The van der Waals surface area contributed by atoms with E-state index in [1.54, 1.807) is 0 Å². The van der Waals surface area contributed by atoms with Gasteiger partial charge in [0.1, 0.15) is 0 Å². The van der Waals surface area contributed by atoms with E-state index in [1.807, 2.05) is 47.4 Å². The van der Waals surface area contributed by atoms with Crippen LogP contribution in [0.25, 0.3) is 11.3 Å². The first-order valence-corrected chi connectivity index (χ1v) is 11.2. The van der Waals surface area contributed by atoms with Crippen LogP contribution in [-0.2, 0) is 11.3 Å². The molecule has 1 amide bonds. The summed E-state index contributed by atoms with van der Waals surface area (Å²) in [7, 11) is 2.15. The molecule has 2 aromatic carbocycles. The van der Waals surface area contributed by atoms with Crippen molar-refractivity contribution in [1.29, 1.82) is 0 Å². The summed E-state index contributed by atoms with van der Waals surface area (Å²) >= 11 is 6.31. The highest BCUT2D eigenvalue weighted by Gasteiger charge is 2.28. The van der Waals surface area contributed by atoms with Crippen LogP contribution in [0, 0.1) is 0 Å². The van der Waals surface area contributed by atoms with Crippen molar-refractivity contribution in [3.8, 4) is 11.3 Å². The van der Waals surface area contributed by atoms with Crippen LogP contribution in [-0.4, -0.2) is 45.5 Å². The molecule has 1 fully saturated rings. The molecule has 1 saturated heterocycles. The number of rotatable bonds is 6. The molecule has 0 aliphatic carbocycles. The zero-order valence-electron chi connectivity index (χ0n) is 18.1. The number of carbonyl (C=O) groups is 1. The average molecular weight is 437 g/mol. The molecule has 1 aromatic heterocycles. The Hall–Kier alpha value is -2.63. The van der Waals surface area contributed by atoms with E-state index in [2.05, 4.69) is 47.3 Å². The number of hydrogen-bond acceptors (Lipinski definition) is 3. The molecule has 0 spiro atoms. The van der Waals surface area contributed by atoms with Gasteiger partial charge in [0.15, 0.2) is 0 Å². The fraction of sp³-hybridized carbons (Fsp3) is 0.360. The number of nitrogens with one attached hydrogen (secondary N) is 1. The van der Waals surface area contributed by atoms with Crippen LogP contribution >= 0.6 is 11.6 Å². The third-order valence-corrected chi connectivity index (χ3v) is 6.77. The largest absolute Gasteiger partial charge is 0.338 e. The van der Waals surface area contributed by atoms with Crippen LogP contribution < -0.4 is 0 Å². The van der Waals surface area contributed by atoms with Gasteiger partial charge in [-0.25, -0.2) is 0 Å². The summed E-state index contributed by atoms with van der Waals surface area (Å²) in [6.45, 7) is 3.51. The van der Waals surface area contributed by atoms with Crippen molar-refractivity contribution in [2.75, 3.05) is 13.6 Å². The SMILES string of the molecule is C[C@H](c1cc(-c2ccccc2)n[nH]1)N(C)[C@H]1CCC(=O)N(Cc2ccccc2Cl)CC1. The number of nitrogens with zero attached hydrogens (tertiary/aromatic N) is 3. The van der Waals surface area contributed by atoms with Gasteiger partial charge in [-0.15, -0.1) is 0 Å². The highest BCUT2D eigenvalue weighted by molar-refractivity contribution is 6.31. The molecule has 1 N–H and O–H groups in total. The van der Waals surface area contributed by atoms with Crippen molar-refractivity contribution >= 4 is 17.5 Å².